The van der Waals surface area contributed by atoms with E-state index in [-0.39, 0.29) is 0 Å². The second kappa shape index (κ2) is 12.7. The Balaban J connectivity index is 0.000000807. The van der Waals surface area contributed by atoms with E-state index < -0.39 is 0 Å². The van der Waals surface area contributed by atoms with E-state index in [2.05, 4.69) is 95.7 Å². The molecule has 0 aliphatic heterocycles. The molecule has 0 aliphatic rings. The van der Waals surface area contributed by atoms with Gasteiger partial charge in [-0.1, -0.05) is 94.3 Å². The van der Waals surface area contributed by atoms with Crippen molar-refractivity contribution in [2.24, 2.45) is 0 Å². The summed E-state index contributed by atoms with van der Waals surface area (Å²) in [6.07, 6.45) is 5.57. The molecule has 0 aromatic heterocycles. The molecule has 0 fully saturated rings. The molecule has 156 valence electrons. The fourth-order valence-corrected chi connectivity index (χ4v) is 3.21. The average molecular weight is 406 g/mol. The second-order valence-electron chi connectivity index (χ2n) is 6.28. The zero-order valence-corrected chi connectivity index (χ0v) is 18.9. The van der Waals surface area contributed by atoms with Crippen LogP contribution in [0.25, 0.3) is 11.1 Å². The number of rotatable bonds is 4. The third-order valence-electron chi connectivity index (χ3n) is 4.50. The van der Waals surface area contributed by atoms with Gasteiger partial charge in [-0.25, -0.2) is 0 Å². The van der Waals surface area contributed by atoms with Gasteiger partial charge in [-0.15, -0.1) is 6.42 Å². The minimum atomic E-state index is 0.890. The number of benzene rings is 4. The first kappa shape index (κ1) is 23.5. The molecule has 0 saturated heterocycles. The van der Waals surface area contributed by atoms with E-state index in [0.29, 0.717) is 0 Å². The van der Waals surface area contributed by atoms with Crippen molar-refractivity contribution < 1.29 is 0 Å². The molecule has 0 unspecified atom stereocenters. The molecule has 0 amide bonds. The highest BCUT2D eigenvalue weighted by Crippen LogP contribution is 2.36. The quantitative estimate of drug-likeness (QED) is 0.306. The summed E-state index contributed by atoms with van der Waals surface area (Å²) in [4.78, 5) is 2.26. The van der Waals surface area contributed by atoms with Gasteiger partial charge in [0.05, 0.1) is 0 Å². The third kappa shape index (κ3) is 6.11. The number of hydrogen-bond acceptors (Lipinski definition) is 1. The van der Waals surface area contributed by atoms with Crippen molar-refractivity contribution in [1.82, 2.24) is 0 Å². The zero-order valence-electron chi connectivity index (χ0n) is 18.9. The molecule has 0 bridgehead atoms. The number of terminal acetylenes is 1. The van der Waals surface area contributed by atoms with E-state index in [0.717, 1.165) is 33.8 Å². The van der Waals surface area contributed by atoms with Gasteiger partial charge in [-0.05, 0) is 59.7 Å². The van der Waals surface area contributed by atoms with Crippen LogP contribution in [0.4, 0.5) is 17.1 Å². The minimum Gasteiger partial charge on any atom is -0.310 e. The summed E-state index contributed by atoms with van der Waals surface area (Å²) in [7, 11) is 0. The van der Waals surface area contributed by atoms with E-state index in [1.54, 1.807) is 0 Å². The molecule has 1 heteroatoms. The fraction of sp³-hybridized carbons (Fsp3) is 0.133. The molecule has 0 saturated carbocycles. The number of para-hydroxylation sites is 2. The summed E-state index contributed by atoms with van der Waals surface area (Å²) in [6.45, 7) is 8.00. The zero-order chi connectivity index (χ0) is 22.5. The highest BCUT2D eigenvalue weighted by Gasteiger charge is 2.12. The van der Waals surface area contributed by atoms with Gasteiger partial charge in [0.1, 0.15) is 0 Å². The van der Waals surface area contributed by atoms with Crippen LogP contribution in [0.2, 0.25) is 0 Å². The predicted molar refractivity (Wildman–Crippen MR) is 137 cm³/mol. The van der Waals surface area contributed by atoms with E-state index in [9.17, 15) is 0 Å². The van der Waals surface area contributed by atoms with Gasteiger partial charge in [0, 0.05) is 22.6 Å². The summed E-state index contributed by atoms with van der Waals surface area (Å²) in [5.41, 5.74) is 6.50. The molecule has 0 atom stereocenters. The van der Waals surface area contributed by atoms with Crippen molar-refractivity contribution in [3.63, 3.8) is 0 Å². The lowest BCUT2D eigenvalue weighted by Crippen LogP contribution is -2.09. The van der Waals surface area contributed by atoms with Gasteiger partial charge in [0.15, 0.2) is 0 Å². The Morgan fingerprint density at radius 1 is 0.516 bits per heavy atom. The summed E-state index contributed by atoms with van der Waals surface area (Å²) in [5, 5.41) is 0. The molecule has 0 aliphatic carbocycles. The van der Waals surface area contributed by atoms with Crippen LogP contribution in [0, 0.1) is 12.3 Å². The van der Waals surface area contributed by atoms with Crippen molar-refractivity contribution in [2.75, 3.05) is 4.90 Å². The molecule has 0 heterocycles. The van der Waals surface area contributed by atoms with Gasteiger partial charge >= 0.3 is 0 Å². The summed E-state index contributed by atoms with van der Waals surface area (Å²) >= 11 is 0. The van der Waals surface area contributed by atoms with E-state index in [4.69, 9.17) is 6.42 Å². The topological polar surface area (TPSA) is 3.24 Å². The predicted octanol–water partition coefficient (Wildman–Crippen LogP) is 8.86. The lowest BCUT2D eigenvalue weighted by Gasteiger charge is -2.25. The maximum atomic E-state index is 5.57. The van der Waals surface area contributed by atoms with Crippen LogP contribution in [-0.2, 0) is 0 Å². The molecule has 0 N–H and O–H groups in total. The van der Waals surface area contributed by atoms with Crippen LogP contribution in [0.15, 0.2) is 109 Å². The lowest BCUT2D eigenvalue weighted by atomic mass is 10.0. The van der Waals surface area contributed by atoms with Crippen molar-refractivity contribution in [1.29, 1.82) is 0 Å². The lowest BCUT2D eigenvalue weighted by molar-refractivity contribution is 1.28. The summed E-state index contributed by atoms with van der Waals surface area (Å²) in [5.74, 6) is 2.72. The average Bonchev–Trinajstić information content (AvgIpc) is 2.88. The normalized spacial score (nSPS) is 9.26. The van der Waals surface area contributed by atoms with Crippen molar-refractivity contribution in [3.8, 4) is 23.5 Å². The molecule has 0 radical (unpaired) electrons. The van der Waals surface area contributed by atoms with Crippen molar-refractivity contribution >= 4 is 17.1 Å². The van der Waals surface area contributed by atoms with Crippen LogP contribution < -0.4 is 4.90 Å². The summed E-state index contributed by atoms with van der Waals surface area (Å²) < 4.78 is 0. The van der Waals surface area contributed by atoms with Crippen LogP contribution in [0.1, 0.15) is 33.3 Å². The molecule has 0 spiro atoms. The van der Waals surface area contributed by atoms with E-state index in [1.807, 2.05) is 52.0 Å². The van der Waals surface area contributed by atoms with Crippen molar-refractivity contribution in [3.05, 3.63) is 115 Å². The Kier molecular flexibility index (Phi) is 9.66. The minimum absolute atomic E-state index is 0.890. The smallest absolute Gasteiger partial charge is 0.0467 e. The largest absolute Gasteiger partial charge is 0.310 e. The Bertz CT molecular complexity index is 1040. The monoisotopic (exact) mass is 405 g/mol. The Hall–Kier alpha value is -3.76. The summed E-state index contributed by atoms with van der Waals surface area (Å²) in [6, 6.07) is 37.5. The molecule has 4 aromatic rings. The Morgan fingerprint density at radius 3 is 1.48 bits per heavy atom. The van der Waals surface area contributed by atoms with Crippen LogP contribution in [0.5, 0.6) is 0 Å². The maximum absolute atomic E-state index is 5.57. The highest BCUT2D eigenvalue weighted by atomic mass is 15.1. The van der Waals surface area contributed by atoms with Gasteiger partial charge < -0.3 is 4.90 Å². The van der Waals surface area contributed by atoms with Crippen molar-refractivity contribution in [2.45, 2.75) is 27.7 Å². The SMILES string of the molecule is C#Cc1cccc(-c2cccc(N(c3ccccc3)c3ccccc3)c2)c1.CC.CC. The Morgan fingerprint density at radius 2 is 0.968 bits per heavy atom. The molecule has 1 nitrogen and oxygen atoms in total. The van der Waals surface area contributed by atoms with Gasteiger partial charge in [-0.2, -0.15) is 0 Å². The first-order valence-electron chi connectivity index (χ1n) is 10.9. The van der Waals surface area contributed by atoms with E-state index in [1.165, 1.54) is 0 Å². The maximum Gasteiger partial charge on any atom is 0.0467 e. The van der Waals surface area contributed by atoms with Crippen LogP contribution >= 0.6 is 0 Å². The second-order valence-corrected chi connectivity index (χ2v) is 6.28. The Labute approximate surface area is 188 Å². The number of hydrogen-bond donors (Lipinski definition) is 0. The molecular formula is C30H31N. The molecular weight excluding hydrogens is 374 g/mol. The third-order valence-corrected chi connectivity index (χ3v) is 4.50. The first-order chi connectivity index (χ1) is 15.3. The standard InChI is InChI=1S/C26H19N.2C2H6/c1-2-21-11-9-12-22(19-21)23-13-10-18-26(20-23)27(24-14-5-3-6-15-24)25-16-7-4-8-17-25;2*1-2/h1,3-20H;2*1-2H3. The highest BCUT2D eigenvalue weighted by molar-refractivity contribution is 5.80. The fourth-order valence-electron chi connectivity index (χ4n) is 3.21. The van der Waals surface area contributed by atoms with Crippen LogP contribution in [0.3, 0.4) is 0 Å². The van der Waals surface area contributed by atoms with Gasteiger partial charge in [0.25, 0.3) is 0 Å². The number of anilines is 3. The van der Waals surface area contributed by atoms with Crippen LogP contribution in [-0.4, -0.2) is 0 Å². The number of nitrogens with zero attached hydrogens (tertiary/aromatic N) is 1. The first-order valence-corrected chi connectivity index (χ1v) is 10.9. The van der Waals surface area contributed by atoms with Gasteiger partial charge in [0.2, 0.25) is 0 Å². The van der Waals surface area contributed by atoms with E-state index >= 15 is 0 Å². The molecule has 4 aromatic carbocycles. The van der Waals surface area contributed by atoms with Gasteiger partial charge in [-0.3, -0.25) is 0 Å². The molecule has 31 heavy (non-hydrogen) atoms. The molecule has 4 rings (SSSR count).